The molecule has 0 atom stereocenters. The van der Waals surface area contributed by atoms with E-state index in [1.54, 1.807) is 0 Å². The molecule has 0 unspecified atom stereocenters. The van der Waals surface area contributed by atoms with Gasteiger partial charge < -0.3 is 15.6 Å². The van der Waals surface area contributed by atoms with Crippen LogP contribution in [0.4, 0.5) is 18.9 Å². The summed E-state index contributed by atoms with van der Waals surface area (Å²) in [5.74, 6) is 0. The normalized spacial score (nSPS) is 11.5. The van der Waals surface area contributed by atoms with Gasteiger partial charge in [-0.2, -0.15) is 13.2 Å². The molecule has 0 fully saturated rings. The highest BCUT2D eigenvalue weighted by molar-refractivity contribution is 7.80. The molecule has 8 heteroatoms. The van der Waals surface area contributed by atoms with E-state index in [4.69, 9.17) is 12.2 Å². The van der Waals surface area contributed by atoms with E-state index in [1.165, 1.54) is 12.1 Å². The summed E-state index contributed by atoms with van der Waals surface area (Å²) in [7, 11) is 0. The number of fused-ring (bicyclic) bond motifs is 1. The lowest BCUT2D eigenvalue weighted by Gasteiger charge is -2.12. The van der Waals surface area contributed by atoms with Crippen LogP contribution in [0.3, 0.4) is 0 Å². The van der Waals surface area contributed by atoms with Crippen molar-refractivity contribution in [1.29, 1.82) is 0 Å². The van der Waals surface area contributed by atoms with Gasteiger partial charge in [0, 0.05) is 23.2 Å². The van der Waals surface area contributed by atoms with Gasteiger partial charge in [-0.1, -0.05) is 12.1 Å². The Labute approximate surface area is 171 Å². The third kappa shape index (κ3) is 4.95. The van der Waals surface area contributed by atoms with Gasteiger partial charge in [-0.3, -0.25) is 4.79 Å². The molecule has 0 radical (unpaired) electrons. The Morgan fingerprint density at radius 2 is 1.72 bits per heavy atom. The van der Waals surface area contributed by atoms with Crippen molar-refractivity contribution in [3.8, 4) is 0 Å². The molecule has 0 aliphatic heterocycles. The van der Waals surface area contributed by atoms with E-state index < -0.39 is 11.7 Å². The van der Waals surface area contributed by atoms with Crippen LogP contribution in [-0.2, 0) is 12.6 Å². The first-order chi connectivity index (χ1) is 13.6. The fraction of sp³-hybridized carbons (Fsp3) is 0.238. The highest BCUT2D eigenvalue weighted by atomic mass is 32.1. The minimum absolute atomic E-state index is 0.144. The number of hydrogen-bond donors (Lipinski definition) is 3. The van der Waals surface area contributed by atoms with Crippen molar-refractivity contribution >= 4 is 33.9 Å². The number of alkyl halides is 3. The summed E-state index contributed by atoms with van der Waals surface area (Å²) in [5.41, 5.74) is 3.15. The number of pyridine rings is 1. The number of rotatable bonds is 4. The fourth-order valence-corrected chi connectivity index (χ4v) is 3.25. The highest BCUT2D eigenvalue weighted by Gasteiger charge is 2.29. The minimum Gasteiger partial charge on any atom is -0.362 e. The van der Waals surface area contributed by atoms with E-state index in [9.17, 15) is 18.0 Å². The molecule has 3 N–H and O–H groups in total. The van der Waals surface area contributed by atoms with Crippen molar-refractivity contribution in [2.75, 3.05) is 11.9 Å². The van der Waals surface area contributed by atoms with Gasteiger partial charge in [0.05, 0.1) is 11.1 Å². The average molecular weight is 419 g/mol. The molecule has 0 spiro atoms. The number of thiocarbonyl (C=S) groups is 1. The van der Waals surface area contributed by atoms with Gasteiger partial charge in [0.15, 0.2) is 5.11 Å². The van der Waals surface area contributed by atoms with Gasteiger partial charge in [0.2, 0.25) is 0 Å². The van der Waals surface area contributed by atoms with Crippen molar-refractivity contribution < 1.29 is 13.2 Å². The van der Waals surface area contributed by atoms with E-state index in [0.717, 1.165) is 34.2 Å². The lowest BCUT2D eigenvalue weighted by molar-refractivity contribution is -0.137. The Bertz CT molecular complexity index is 1110. The van der Waals surface area contributed by atoms with Crippen LogP contribution in [-0.4, -0.2) is 16.6 Å². The fourth-order valence-electron chi connectivity index (χ4n) is 3.03. The molecule has 4 nitrogen and oxygen atoms in total. The Morgan fingerprint density at radius 3 is 2.38 bits per heavy atom. The maximum atomic E-state index is 12.6. The molecule has 0 bridgehead atoms. The molecular formula is C21H20F3N3OS. The zero-order valence-electron chi connectivity index (χ0n) is 15.9. The summed E-state index contributed by atoms with van der Waals surface area (Å²) >= 11 is 5.18. The molecule has 0 saturated carbocycles. The Hall–Kier alpha value is -2.87. The zero-order chi connectivity index (χ0) is 21.2. The lowest BCUT2D eigenvalue weighted by Crippen LogP contribution is -2.31. The zero-order valence-corrected chi connectivity index (χ0v) is 16.7. The third-order valence-electron chi connectivity index (χ3n) is 4.67. The molecule has 3 rings (SSSR count). The number of aryl methyl sites for hydroxylation is 2. The summed E-state index contributed by atoms with van der Waals surface area (Å²) in [6, 6.07) is 10.5. The van der Waals surface area contributed by atoms with Gasteiger partial charge in [0.1, 0.15) is 0 Å². The van der Waals surface area contributed by atoms with Crippen LogP contribution in [0.2, 0.25) is 0 Å². The van der Waals surface area contributed by atoms with Gasteiger partial charge >= 0.3 is 6.18 Å². The summed E-state index contributed by atoms with van der Waals surface area (Å²) in [5, 5.41) is 7.08. The molecule has 3 aromatic rings. The van der Waals surface area contributed by atoms with Crippen LogP contribution in [0.5, 0.6) is 0 Å². The molecule has 1 aromatic heterocycles. The van der Waals surface area contributed by atoms with Crippen molar-refractivity contribution in [2.45, 2.75) is 26.4 Å². The van der Waals surface area contributed by atoms with Crippen LogP contribution in [0, 0.1) is 13.8 Å². The SMILES string of the molecule is Cc1ccc(C)c2[nH]c(=O)c(CCNC(=S)Nc3ccc(C(F)(F)F)cc3)cc12. The van der Waals surface area contributed by atoms with Crippen LogP contribution in [0.15, 0.2) is 47.3 Å². The number of hydrogen-bond acceptors (Lipinski definition) is 2. The molecule has 0 aliphatic carbocycles. The molecule has 0 aliphatic rings. The first-order valence-corrected chi connectivity index (χ1v) is 9.40. The summed E-state index contributed by atoms with van der Waals surface area (Å²) in [4.78, 5) is 15.3. The van der Waals surface area contributed by atoms with Gasteiger partial charge in [-0.05, 0) is 73.9 Å². The van der Waals surface area contributed by atoms with Gasteiger partial charge in [-0.15, -0.1) is 0 Å². The maximum Gasteiger partial charge on any atom is 0.416 e. The largest absolute Gasteiger partial charge is 0.416 e. The number of benzene rings is 2. The highest BCUT2D eigenvalue weighted by Crippen LogP contribution is 2.29. The Kier molecular flexibility index (Phi) is 5.93. The van der Waals surface area contributed by atoms with E-state index in [1.807, 2.05) is 32.0 Å². The first-order valence-electron chi connectivity index (χ1n) is 8.99. The predicted molar refractivity (Wildman–Crippen MR) is 113 cm³/mol. The summed E-state index contributed by atoms with van der Waals surface area (Å²) < 4.78 is 37.8. The van der Waals surface area contributed by atoms with Gasteiger partial charge in [-0.25, -0.2) is 0 Å². The van der Waals surface area contributed by atoms with Crippen LogP contribution >= 0.6 is 12.2 Å². The molecule has 152 valence electrons. The first kappa shape index (κ1) is 20.9. The number of nitrogens with one attached hydrogen (secondary N) is 3. The van der Waals surface area contributed by atoms with E-state index >= 15 is 0 Å². The standard InChI is InChI=1S/C21H20F3N3OS/c1-12-3-4-13(2)18-17(12)11-14(19(28)27-18)9-10-25-20(29)26-16-7-5-15(6-8-16)21(22,23)24/h3-8,11H,9-10H2,1-2H3,(H,27,28)(H2,25,26,29). The smallest absolute Gasteiger partial charge is 0.362 e. The van der Waals surface area contributed by atoms with Crippen LogP contribution in [0.1, 0.15) is 22.3 Å². The number of aromatic amines is 1. The number of aromatic nitrogens is 1. The number of halogens is 3. The van der Waals surface area contributed by atoms with Gasteiger partial charge in [0.25, 0.3) is 5.56 Å². The van der Waals surface area contributed by atoms with Crippen molar-refractivity contribution in [2.24, 2.45) is 0 Å². The number of H-pyrrole nitrogens is 1. The maximum absolute atomic E-state index is 12.6. The molecule has 0 amide bonds. The average Bonchev–Trinajstić information content (AvgIpc) is 2.65. The van der Waals surface area contributed by atoms with E-state index in [2.05, 4.69) is 15.6 Å². The minimum atomic E-state index is -4.37. The van der Waals surface area contributed by atoms with Crippen molar-refractivity contribution in [3.63, 3.8) is 0 Å². The molecule has 29 heavy (non-hydrogen) atoms. The summed E-state index contributed by atoms with van der Waals surface area (Å²) in [6.07, 6.45) is -3.92. The van der Waals surface area contributed by atoms with E-state index in [-0.39, 0.29) is 10.7 Å². The second-order valence-electron chi connectivity index (χ2n) is 6.82. The Morgan fingerprint density at radius 1 is 1.07 bits per heavy atom. The van der Waals surface area contributed by atoms with Crippen LogP contribution < -0.4 is 16.2 Å². The molecular weight excluding hydrogens is 399 g/mol. The van der Waals surface area contributed by atoms with Crippen molar-refractivity contribution in [1.82, 2.24) is 10.3 Å². The molecule has 1 heterocycles. The molecule has 0 saturated heterocycles. The topological polar surface area (TPSA) is 56.9 Å². The van der Waals surface area contributed by atoms with E-state index in [0.29, 0.717) is 24.2 Å². The number of anilines is 1. The summed E-state index contributed by atoms with van der Waals surface area (Å²) in [6.45, 7) is 4.35. The third-order valence-corrected chi connectivity index (χ3v) is 4.92. The molecule has 2 aromatic carbocycles. The quantitative estimate of drug-likeness (QED) is 0.537. The lowest BCUT2D eigenvalue weighted by atomic mass is 10.0. The van der Waals surface area contributed by atoms with Crippen LogP contribution in [0.25, 0.3) is 10.9 Å². The monoisotopic (exact) mass is 419 g/mol. The predicted octanol–water partition coefficient (Wildman–Crippen LogP) is 4.69. The second-order valence-corrected chi connectivity index (χ2v) is 7.23. The van der Waals surface area contributed by atoms with Crippen molar-refractivity contribution in [3.05, 3.63) is 75.1 Å². The Balaban J connectivity index is 1.61. The second kappa shape index (κ2) is 8.24.